The number of aromatic nitrogens is 3. The molecule has 4 atom stereocenters. The number of fused-ring (bicyclic) bond motifs is 1. The Morgan fingerprint density at radius 2 is 1.82 bits per heavy atom. The lowest BCUT2D eigenvalue weighted by Gasteiger charge is -2.33. The van der Waals surface area contributed by atoms with Gasteiger partial charge in [0.15, 0.2) is 0 Å². The van der Waals surface area contributed by atoms with Gasteiger partial charge >= 0.3 is 0 Å². The second kappa shape index (κ2) is 14.5. The van der Waals surface area contributed by atoms with E-state index in [1.54, 1.807) is 26.0 Å². The third-order valence-corrected chi connectivity index (χ3v) is 11.6. The first-order chi connectivity index (χ1) is 23.9. The molecule has 3 heterocycles. The summed E-state index contributed by atoms with van der Waals surface area (Å²) in [7, 11) is 0. The zero-order valence-electron chi connectivity index (χ0n) is 28.5. The van der Waals surface area contributed by atoms with Crippen molar-refractivity contribution < 1.29 is 29.1 Å². The summed E-state index contributed by atoms with van der Waals surface area (Å²) in [6.07, 6.45) is 7.28. The molecular weight excluding hydrogens is 659 g/mol. The average Bonchev–Trinajstić information content (AvgIpc) is 3.88. The molecule has 6 rings (SSSR count). The van der Waals surface area contributed by atoms with Gasteiger partial charge < -0.3 is 26.4 Å². The van der Waals surface area contributed by atoms with Crippen molar-refractivity contribution in [1.29, 1.82) is 0 Å². The largest absolute Gasteiger partial charge is 0.384 e. The molecule has 1 aromatic heterocycles. The number of nitrogens with one attached hydrogen (secondary N) is 2. The van der Waals surface area contributed by atoms with Crippen molar-refractivity contribution >= 4 is 51.9 Å². The van der Waals surface area contributed by atoms with Gasteiger partial charge in [0, 0.05) is 24.3 Å². The minimum absolute atomic E-state index is 0.0435. The molecule has 4 amide bonds. The van der Waals surface area contributed by atoms with Gasteiger partial charge in [0.1, 0.15) is 23.2 Å². The van der Waals surface area contributed by atoms with Crippen LogP contribution in [0.5, 0.6) is 0 Å². The highest BCUT2D eigenvalue weighted by molar-refractivity contribution is 7.99. The third kappa shape index (κ3) is 7.41. The Balaban J connectivity index is 1.33. The molecule has 2 aromatic carbocycles. The van der Waals surface area contributed by atoms with Crippen molar-refractivity contribution in [3.63, 3.8) is 0 Å². The van der Waals surface area contributed by atoms with E-state index in [-0.39, 0.29) is 31.1 Å². The van der Waals surface area contributed by atoms with Crippen molar-refractivity contribution in [3.05, 3.63) is 59.9 Å². The SMILES string of the molecule is CC(C)(O)c1cnnn1[C@H]1C[C@@H](C(=O)NC2(C(=O)C(N)=O)CCSC2)N(C(=O)[C@@H](CC2CCCCC2)NC(=O)c2ccc3ccccc3c2)C1. The highest BCUT2D eigenvalue weighted by atomic mass is 32.2. The van der Waals surface area contributed by atoms with E-state index in [1.807, 2.05) is 30.3 Å². The maximum absolute atomic E-state index is 14.8. The molecule has 1 aliphatic carbocycles. The number of aliphatic hydroxyl groups is 1. The number of primary amides is 1. The van der Waals surface area contributed by atoms with E-state index in [9.17, 15) is 29.1 Å². The summed E-state index contributed by atoms with van der Waals surface area (Å²) in [5, 5.41) is 26.8. The van der Waals surface area contributed by atoms with Gasteiger partial charge in [-0.3, -0.25) is 24.0 Å². The van der Waals surface area contributed by atoms with E-state index < -0.39 is 58.7 Å². The van der Waals surface area contributed by atoms with Crippen LogP contribution in [0.2, 0.25) is 0 Å². The molecule has 5 N–H and O–H groups in total. The summed E-state index contributed by atoms with van der Waals surface area (Å²) in [5.74, 6) is -2.47. The number of ketones is 1. The molecule has 0 bridgehead atoms. The number of thioether (sulfide) groups is 1. The number of benzene rings is 2. The summed E-state index contributed by atoms with van der Waals surface area (Å²) >= 11 is 1.43. The van der Waals surface area contributed by atoms with Crippen LogP contribution in [-0.4, -0.2) is 90.1 Å². The lowest BCUT2D eigenvalue weighted by Crippen LogP contribution is -2.62. The van der Waals surface area contributed by atoms with E-state index in [1.165, 1.54) is 27.5 Å². The predicted molar refractivity (Wildman–Crippen MR) is 188 cm³/mol. The number of likely N-dealkylation sites (tertiary alicyclic amines) is 1. The molecule has 13 nitrogen and oxygen atoms in total. The van der Waals surface area contributed by atoms with E-state index in [0.717, 1.165) is 42.9 Å². The van der Waals surface area contributed by atoms with Crippen molar-refractivity contribution in [2.75, 3.05) is 18.1 Å². The number of nitrogens with zero attached hydrogens (tertiary/aromatic N) is 4. The number of carbonyl (C=O) groups excluding carboxylic acids is 5. The Morgan fingerprint density at radius 3 is 2.50 bits per heavy atom. The number of carbonyl (C=O) groups is 5. The van der Waals surface area contributed by atoms with Crippen molar-refractivity contribution in [2.24, 2.45) is 11.7 Å². The number of Topliss-reactive ketones (excluding diaryl/α,β-unsaturated/α-hetero) is 1. The second-order valence-electron chi connectivity index (χ2n) is 14.4. The zero-order valence-corrected chi connectivity index (χ0v) is 29.3. The highest BCUT2D eigenvalue weighted by Crippen LogP contribution is 2.35. The Kier molecular flexibility index (Phi) is 10.3. The normalized spacial score (nSPS) is 23.5. The van der Waals surface area contributed by atoms with Gasteiger partial charge in [0.25, 0.3) is 11.8 Å². The maximum Gasteiger partial charge on any atom is 0.287 e. The number of hydrogen-bond acceptors (Lipinski definition) is 9. The van der Waals surface area contributed by atoms with Crippen LogP contribution < -0.4 is 16.4 Å². The van der Waals surface area contributed by atoms with Crippen LogP contribution in [0.4, 0.5) is 0 Å². The first kappa shape index (κ1) is 35.5. The van der Waals surface area contributed by atoms with E-state index in [0.29, 0.717) is 23.4 Å². The fourth-order valence-corrected chi connectivity index (χ4v) is 8.97. The van der Waals surface area contributed by atoms with Crippen LogP contribution in [-0.2, 0) is 24.8 Å². The smallest absolute Gasteiger partial charge is 0.287 e. The number of rotatable bonds is 11. The summed E-state index contributed by atoms with van der Waals surface area (Å²) in [6, 6.07) is 10.6. The number of amides is 4. The molecule has 266 valence electrons. The molecule has 2 aliphatic heterocycles. The van der Waals surface area contributed by atoms with Gasteiger partial charge in [-0.1, -0.05) is 67.6 Å². The van der Waals surface area contributed by atoms with E-state index in [2.05, 4.69) is 20.9 Å². The van der Waals surface area contributed by atoms with Crippen LogP contribution in [0, 0.1) is 5.92 Å². The molecule has 14 heteroatoms. The fourth-order valence-electron chi connectivity index (χ4n) is 7.64. The second-order valence-corrected chi connectivity index (χ2v) is 15.5. The standard InChI is InChI=1S/C36H45N7O6S/c1-35(2,49)29-19-38-41-43(29)26-18-28(33(47)40-36(14-15-50-21-36)30(44)31(37)45)42(20-26)34(48)27(16-22-8-4-3-5-9-22)39-32(46)25-13-12-23-10-6-7-11-24(23)17-25/h6-7,10-13,17,19,22,26-28,49H,3-5,8-9,14-16,18,20-21H2,1-2H3,(H2,37,45)(H,39,46)(H,40,47)/t26-,27+,28-,36?/m0/s1. The molecule has 3 aromatic rings. The first-order valence-corrected chi connectivity index (χ1v) is 18.5. The van der Waals surface area contributed by atoms with Crippen molar-refractivity contribution in [3.8, 4) is 0 Å². The predicted octanol–water partition coefficient (Wildman–Crippen LogP) is 2.62. The molecule has 3 fully saturated rings. The van der Waals surface area contributed by atoms with Crippen molar-refractivity contribution in [2.45, 2.75) is 94.5 Å². The van der Waals surface area contributed by atoms with Crippen LogP contribution in [0.3, 0.4) is 0 Å². The van der Waals surface area contributed by atoms with Crippen molar-refractivity contribution in [1.82, 2.24) is 30.5 Å². The van der Waals surface area contributed by atoms with E-state index in [4.69, 9.17) is 5.73 Å². The molecule has 0 spiro atoms. The Hall–Kier alpha value is -4.30. The Labute approximate surface area is 295 Å². The fraction of sp³-hybridized carbons (Fsp3) is 0.528. The molecule has 0 radical (unpaired) electrons. The third-order valence-electron chi connectivity index (χ3n) is 10.4. The van der Waals surface area contributed by atoms with Crippen LogP contribution in [0.1, 0.15) is 87.3 Å². The molecule has 3 aliphatic rings. The summed E-state index contributed by atoms with van der Waals surface area (Å²) < 4.78 is 1.53. The maximum atomic E-state index is 14.8. The summed E-state index contributed by atoms with van der Waals surface area (Å²) in [4.78, 5) is 69.3. The summed E-state index contributed by atoms with van der Waals surface area (Å²) in [5.41, 5.74) is 3.45. The number of nitrogens with two attached hydrogens (primary N) is 1. The van der Waals surface area contributed by atoms with Gasteiger partial charge in [-0.25, -0.2) is 4.68 Å². The van der Waals surface area contributed by atoms with E-state index >= 15 is 0 Å². The molecule has 1 saturated carbocycles. The average molecular weight is 704 g/mol. The minimum atomic E-state index is -1.47. The van der Waals surface area contributed by atoms with Gasteiger partial charge in [-0.15, -0.1) is 5.10 Å². The lowest BCUT2D eigenvalue weighted by atomic mass is 9.84. The van der Waals surface area contributed by atoms with Crippen LogP contribution >= 0.6 is 11.8 Å². The van der Waals surface area contributed by atoms with Gasteiger partial charge in [0.2, 0.25) is 17.6 Å². The van der Waals surface area contributed by atoms with Gasteiger partial charge in [-0.05, 0) is 61.3 Å². The number of hydrogen-bond donors (Lipinski definition) is 4. The van der Waals surface area contributed by atoms with Gasteiger partial charge in [-0.2, -0.15) is 11.8 Å². The molecular formula is C36H45N7O6S. The Morgan fingerprint density at radius 1 is 1.08 bits per heavy atom. The minimum Gasteiger partial charge on any atom is -0.384 e. The highest BCUT2D eigenvalue weighted by Gasteiger charge is 2.50. The Bertz CT molecular complexity index is 1780. The van der Waals surface area contributed by atoms with Crippen LogP contribution in [0.15, 0.2) is 48.7 Å². The topological polar surface area (TPSA) is 190 Å². The lowest BCUT2D eigenvalue weighted by molar-refractivity contribution is -0.144. The quantitative estimate of drug-likeness (QED) is 0.218. The molecule has 1 unspecified atom stereocenters. The molecule has 50 heavy (non-hydrogen) atoms. The first-order valence-electron chi connectivity index (χ1n) is 17.3. The molecule has 2 saturated heterocycles. The summed E-state index contributed by atoms with van der Waals surface area (Å²) in [6.45, 7) is 3.25. The van der Waals surface area contributed by atoms with Gasteiger partial charge in [0.05, 0.1) is 17.9 Å². The zero-order chi connectivity index (χ0) is 35.6. The van der Waals surface area contributed by atoms with Crippen LogP contribution in [0.25, 0.3) is 10.8 Å². The monoisotopic (exact) mass is 703 g/mol.